The summed E-state index contributed by atoms with van der Waals surface area (Å²) in [7, 11) is 0. The predicted octanol–water partition coefficient (Wildman–Crippen LogP) is 3.00. The van der Waals surface area contributed by atoms with Gasteiger partial charge in [0.1, 0.15) is 5.75 Å². The maximum absolute atomic E-state index is 5.91. The molecule has 0 radical (unpaired) electrons. The Kier molecular flexibility index (Phi) is 3.23. The zero-order valence-corrected chi connectivity index (χ0v) is 11.5. The topological polar surface area (TPSA) is 52.5 Å². The number of benzene rings is 1. The SMILES string of the molecule is Cc1cccc(Oc2nc3sccn3c2CCN)c1. The maximum atomic E-state index is 5.91. The fourth-order valence-electron chi connectivity index (χ4n) is 2.05. The van der Waals surface area contributed by atoms with E-state index in [1.807, 2.05) is 47.2 Å². The number of ether oxygens (including phenoxy) is 1. The number of thiazole rings is 1. The first-order chi connectivity index (χ1) is 9.28. The van der Waals surface area contributed by atoms with E-state index in [1.54, 1.807) is 11.3 Å². The number of imidazole rings is 1. The van der Waals surface area contributed by atoms with Crippen molar-refractivity contribution in [1.82, 2.24) is 9.38 Å². The lowest BCUT2D eigenvalue weighted by Gasteiger charge is -2.06. The third kappa shape index (κ3) is 2.34. The van der Waals surface area contributed by atoms with Gasteiger partial charge < -0.3 is 10.5 Å². The van der Waals surface area contributed by atoms with Crippen molar-refractivity contribution >= 4 is 16.3 Å². The van der Waals surface area contributed by atoms with E-state index in [0.29, 0.717) is 12.4 Å². The van der Waals surface area contributed by atoms with Crippen LogP contribution in [0, 0.1) is 6.92 Å². The van der Waals surface area contributed by atoms with Crippen LogP contribution in [0.5, 0.6) is 11.6 Å². The van der Waals surface area contributed by atoms with Crippen molar-refractivity contribution in [2.24, 2.45) is 5.73 Å². The molecule has 0 fully saturated rings. The third-order valence-electron chi connectivity index (χ3n) is 2.91. The van der Waals surface area contributed by atoms with Gasteiger partial charge in [-0.3, -0.25) is 4.40 Å². The van der Waals surface area contributed by atoms with Crippen LogP contribution in [-0.4, -0.2) is 15.9 Å². The first-order valence-corrected chi connectivity index (χ1v) is 7.05. The summed E-state index contributed by atoms with van der Waals surface area (Å²) in [6, 6.07) is 7.96. The van der Waals surface area contributed by atoms with Crippen LogP contribution in [0.25, 0.3) is 4.96 Å². The molecule has 0 aliphatic rings. The van der Waals surface area contributed by atoms with Gasteiger partial charge in [-0.05, 0) is 31.2 Å². The first kappa shape index (κ1) is 12.2. The Morgan fingerprint density at radius 2 is 2.32 bits per heavy atom. The standard InChI is InChI=1S/C14H15N3OS/c1-10-3-2-4-11(9-10)18-13-12(5-6-15)17-7-8-19-14(17)16-13/h2-4,7-9H,5-6,15H2,1H3. The lowest BCUT2D eigenvalue weighted by Crippen LogP contribution is -2.05. The largest absolute Gasteiger partial charge is 0.437 e. The van der Waals surface area contributed by atoms with Crippen molar-refractivity contribution in [3.8, 4) is 11.6 Å². The molecule has 0 amide bonds. The van der Waals surface area contributed by atoms with Gasteiger partial charge in [0.05, 0.1) is 5.69 Å². The molecule has 98 valence electrons. The summed E-state index contributed by atoms with van der Waals surface area (Å²) in [5.74, 6) is 1.46. The molecule has 19 heavy (non-hydrogen) atoms. The molecule has 3 rings (SSSR count). The van der Waals surface area contributed by atoms with Gasteiger partial charge in [0.25, 0.3) is 0 Å². The Balaban J connectivity index is 1.99. The highest BCUT2D eigenvalue weighted by atomic mass is 32.1. The monoisotopic (exact) mass is 273 g/mol. The second-order valence-electron chi connectivity index (χ2n) is 4.38. The Labute approximate surface area is 115 Å². The molecule has 0 aliphatic heterocycles. The molecule has 0 aliphatic carbocycles. The molecule has 0 unspecified atom stereocenters. The van der Waals surface area contributed by atoms with Crippen molar-refractivity contribution in [2.75, 3.05) is 6.54 Å². The summed E-state index contributed by atoms with van der Waals surface area (Å²) in [5.41, 5.74) is 7.87. The van der Waals surface area contributed by atoms with Crippen LogP contribution in [-0.2, 0) is 6.42 Å². The summed E-state index contributed by atoms with van der Waals surface area (Å²) < 4.78 is 7.95. The van der Waals surface area contributed by atoms with Crippen LogP contribution in [0.4, 0.5) is 0 Å². The van der Waals surface area contributed by atoms with E-state index in [0.717, 1.165) is 22.8 Å². The molecule has 5 heteroatoms. The van der Waals surface area contributed by atoms with Crippen LogP contribution in [0.15, 0.2) is 35.8 Å². The van der Waals surface area contributed by atoms with Gasteiger partial charge in [-0.2, -0.15) is 4.98 Å². The quantitative estimate of drug-likeness (QED) is 0.795. The predicted molar refractivity (Wildman–Crippen MR) is 77.1 cm³/mol. The van der Waals surface area contributed by atoms with Crippen LogP contribution in [0.2, 0.25) is 0 Å². The molecule has 3 aromatic rings. The molecule has 0 spiro atoms. The van der Waals surface area contributed by atoms with E-state index in [9.17, 15) is 0 Å². The molecule has 0 atom stereocenters. The number of aromatic nitrogens is 2. The molecule has 4 nitrogen and oxygen atoms in total. The zero-order chi connectivity index (χ0) is 13.2. The fourth-order valence-corrected chi connectivity index (χ4v) is 2.77. The van der Waals surface area contributed by atoms with Crippen molar-refractivity contribution in [1.29, 1.82) is 0 Å². The lowest BCUT2D eigenvalue weighted by atomic mass is 10.2. The highest BCUT2D eigenvalue weighted by Gasteiger charge is 2.14. The Morgan fingerprint density at radius 3 is 3.11 bits per heavy atom. The maximum Gasteiger partial charge on any atom is 0.242 e. The minimum absolute atomic E-state index is 0.577. The minimum Gasteiger partial charge on any atom is -0.437 e. The summed E-state index contributed by atoms with van der Waals surface area (Å²) in [5, 5.41) is 2.01. The van der Waals surface area contributed by atoms with Crippen molar-refractivity contribution in [2.45, 2.75) is 13.3 Å². The molecule has 0 bridgehead atoms. The number of nitrogens with zero attached hydrogens (tertiary/aromatic N) is 2. The van der Waals surface area contributed by atoms with Gasteiger partial charge in [0.15, 0.2) is 4.96 Å². The van der Waals surface area contributed by atoms with Gasteiger partial charge >= 0.3 is 0 Å². The summed E-state index contributed by atoms with van der Waals surface area (Å²) in [4.78, 5) is 5.46. The van der Waals surface area contributed by atoms with Crippen molar-refractivity contribution in [3.05, 3.63) is 47.1 Å². The van der Waals surface area contributed by atoms with Gasteiger partial charge in [-0.1, -0.05) is 12.1 Å². The molecular formula is C14H15N3OS. The van der Waals surface area contributed by atoms with Crippen molar-refractivity contribution in [3.63, 3.8) is 0 Å². The number of nitrogens with two attached hydrogens (primary N) is 1. The van der Waals surface area contributed by atoms with E-state index in [4.69, 9.17) is 10.5 Å². The molecule has 0 saturated carbocycles. The number of hydrogen-bond acceptors (Lipinski definition) is 4. The van der Waals surface area contributed by atoms with Crippen molar-refractivity contribution < 1.29 is 4.74 Å². The van der Waals surface area contributed by atoms with Gasteiger partial charge in [0.2, 0.25) is 5.88 Å². The van der Waals surface area contributed by atoms with E-state index >= 15 is 0 Å². The number of rotatable bonds is 4. The Hall–Kier alpha value is -1.85. The molecule has 0 saturated heterocycles. The fraction of sp³-hybridized carbons (Fsp3) is 0.214. The highest BCUT2D eigenvalue weighted by molar-refractivity contribution is 7.15. The Morgan fingerprint density at radius 1 is 1.42 bits per heavy atom. The van der Waals surface area contributed by atoms with Crippen LogP contribution < -0.4 is 10.5 Å². The van der Waals surface area contributed by atoms with Crippen LogP contribution in [0.1, 0.15) is 11.3 Å². The number of aryl methyl sites for hydroxylation is 1. The molecule has 2 N–H and O–H groups in total. The smallest absolute Gasteiger partial charge is 0.242 e. The third-order valence-corrected chi connectivity index (χ3v) is 3.67. The first-order valence-electron chi connectivity index (χ1n) is 6.17. The Bertz CT molecular complexity index is 702. The summed E-state index contributed by atoms with van der Waals surface area (Å²) in [6.07, 6.45) is 2.75. The molecule has 2 heterocycles. The van der Waals surface area contributed by atoms with Crippen LogP contribution >= 0.6 is 11.3 Å². The second kappa shape index (κ2) is 5.03. The average molecular weight is 273 g/mol. The normalized spacial score (nSPS) is 11.1. The molecule has 2 aromatic heterocycles. The second-order valence-corrected chi connectivity index (χ2v) is 5.25. The average Bonchev–Trinajstić information content (AvgIpc) is 2.93. The highest BCUT2D eigenvalue weighted by Crippen LogP contribution is 2.28. The minimum atomic E-state index is 0.577. The van der Waals surface area contributed by atoms with E-state index in [-0.39, 0.29) is 0 Å². The van der Waals surface area contributed by atoms with Gasteiger partial charge in [0, 0.05) is 18.0 Å². The molecule has 1 aromatic carbocycles. The number of fused-ring (bicyclic) bond motifs is 1. The molecular weight excluding hydrogens is 258 g/mol. The summed E-state index contributed by atoms with van der Waals surface area (Å²) >= 11 is 1.59. The van der Waals surface area contributed by atoms with E-state index < -0.39 is 0 Å². The summed E-state index contributed by atoms with van der Waals surface area (Å²) in [6.45, 7) is 2.62. The van der Waals surface area contributed by atoms with E-state index in [1.165, 1.54) is 5.56 Å². The van der Waals surface area contributed by atoms with Gasteiger partial charge in [-0.25, -0.2) is 0 Å². The van der Waals surface area contributed by atoms with Gasteiger partial charge in [-0.15, -0.1) is 11.3 Å². The van der Waals surface area contributed by atoms with E-state index in [2.05, 4.69) is 4.98 Å². The lowest BCUT2D eigenvalue weighted by molar-refractivity contribution is 0.459. The zero-order valence-electron chi connectivity index (χ0n) is 10.7. The van der Waals surface area contributed by atoms with Crippen LogP contribution in [0.3, 0.4) is 0 Å². The number of hydrogen-bond donors (Lipinski definition) is 1.